The number of nitrogens with two attached hydrogens (primary N) is 1. The van der Waals surface area contributed by atoms with Crippen molar-refractivity contribution in [2.45, 2.75) is 13.0 Å². The largest absolute Gasteiger partial charge is 0.439 e. The lowest BCUT2D eigenvalue weighted by Gasteiger charge is -2.07. The second-order valence-corrected chi connectivity index (χ2v) is 5.91. The summed E-state index contributed by atoms with van der Waals surface area (Å²) in [6.45, 7) is 1.67. The minimum absolute atomic E-state index is 0. The SMILES string of the molecule is Cl.Cl.NC(=O)c1ccc(Oc2ccc(CNCCc3ccccc3)cn2)cc1. The number of carbonyl (C=O) groups is 1. The maximum Gasteiger partial charge on any atom is 0.248 e. The molecule has 0 spiro atoms. The van der Waals surface area contributed by atoms with Gasteiger partial charge in [0.05, 0.1) is 0 Å². The molecule has 0 atom stereocenters. The summed E-state index contributed by atoms with van der Waals surface area (Å²) in [7, 11) is 0. The number of ether oxygens (including phenoxy) is 1. The van der Waals surface area contributed by atoms with Crippen LogP contribution in [0.1, 0.15) is 21.5 Å². The van der Waals surface area contributed by atoms with E-state index in [1.807, 2.05) is 18.2 Å². The van der Waals surface area contributed by atoms with E-state index in [1.165, 1.54) is 5.56 Å². The Morgan fingerprint density at radius 3 is 2.25 bits per heavy atom. The van der Waals surface area contributed by atoms with Crippen molar-refractivity contribution in [3.63, 3.8) is 0 Å². The summed E-state index contributed by atoms with van der Waals surface area (Å²) >= 11 is 0. The van der Waals surface area contributed by atoms with Crippen LogP contribution < -0.4 is 15.8 Å². The molecule has 0 unspecified atom stereocenters. The molecule has 28 heavy (non-hydrogen) atoms. The van der Waals surface area contributed by atoms with Gasteiger partial charge in [-0.3, -0.25) is 4.79 Å². The fourth-order valence-electron chi connectivity index (χ4n) is 2.49. The van der Waals surface area contributed by atoms with Crippen LogP contribution in [0, 0.1) is 0 Å². The van der Waals surface area contributed by atoms with E-state index < -0.39 is 5.91 Å². The number of pyridine rings is 1. The summed E-state index contributed by atoms with van der Waals surface area (Å²) in [5.74, 6) is 0.653. The molecule has 148 valence electrons. The number of halogens is 2. The van der Waals surface area contributed by atoms with Crippen molar-refractivity contribution in [1.29, 1.82) is 0 Å². The van der Waals surface area contributed by atoms with Crippen molar-refractivity contribution in [3.8, 4) is 11.6 Å². The Labute approximate surface area is 177 Å². The van der Waals surface area contributed by atoms with E-state index in [2.05, 4.69) is 34.6 Å². The quantitative estimate of drug-likeness (QED) is 0.537. The van der Waals surface area contributed by atoms with E-state index >= 15 is 0 Å². The zero-order valence-electron chi connectivity index (χ0n) is 15.2. The molecule has 1 heterocycles. The molecule has 0 saturated carbocycles. The third kappa shape index (κ3) is 7.19. The smallest absolute Gasteiger partial charge is 0.248 e. The van der Waals surface area contributed by atoms with E-state index in [0.29, 0.717) is 17.2 Å². The van der Waals surface area contributed by atoms with Gasteiger partial charge < -0.3 is 15.8 Å². The molecule has 0 fully saturated rings. The minimum atomic E-state index is -0.459. The van der Waals surface area contributed by atoms with E-state index in [-0.39, 0.29) is 24.8 Å². The molecule has 2 aromatic carbocycles. The van der Waals surface area contributed by atoms with Crippen LogP contribution in [0.5, 0.6) is 11.6 Å². The third-order valence-corrected chi connectivity index (χ3v) is 3.92. The number of carbonyl (C=O) groups excluding carboxylic acids is 1. The molecule has 0 aliphatic carbocycles. The minimum Gasteiger partial charge on any atom is -0.439 e. The monoisotopic (exact) mass is 419 g/mol. The van der Waals surface area contributed by atoms with E-state index in [9.17, 15) is 4.79 Å². The summed E-state index contributed by atoms with van der Waals surface area (Å²) in [5, 5.41) is 3.41. The number of primary amides is 1. The molecule has 3 N–H and O–H groups in total. The van der Waals surface area contributed by atoms with Crippen LogP contribution in [-0.2, 0) is 13.0 Å². The van der Waals surface area contributed by atoms with Gasteiger partial charge in [0.15, 0.2) is 0 Å². The van der Waals surface area contributed by atoms with E-state index in [1.54, 1.807) is 30.5 Å². The van der Waals surface area contributed by atoms with E-state index in [4.69, 9.17) is 10.5 Å². The number of amides is 1. The van der Waals surface area contributed by atoms with Gasteiger partial charge >= 0.3 is 0 Å². The highest BCUT2D eigenvalue weighted by Gasteiger charge is 2.03. The lowest BCUT2D eigenvalue weighted by molar-refractivity contribution is 0.100. The normalized spacial score (nSPS) is 9.71. The maximum absolute atomic E-state index is 11.1. The Hall–Kier alpha value is -2.60. The summed E-state index contributed by atoms with van der Waals surface area (Å²) in [5.41, 5.74) is 8.08. The van der Waals surface area contributed by atoms with Gasteiger partial charge in [-0.25, -0.2) is 4.98 Å². The summed E-state index contributed by atoms with van der Waals surface area (Å²) in [6.07, 6.45) is 2.79. The second-order valence-electron chi connectivity index (χ2n) is 5.91. The van der Waals surface area contributed by atoms with Crippen molar-refractivity contribution in [2.75, 3.05) is 6.54 Å². The molecule has 7 heteroatoms. The Balaban J connectivity index is 0.00000196. The van der Waals surface area contributed by atoms with Crippen LogP contribution in [-0.4, -0.2) is 17.4 Å². The van der Waals surface area contributed by atoms with Gasteiger partial charge in [0.25, 0.3) is 0 Å². The fraction of sp³-hybridized carbons (Fsp3) is 0.143. The van der Waals surface area contributed by atoms with Crippen molar-refractivity contribution >= 4 is 30.7 Å². The average molecular weight is 420 g/mol. The second kappa shape index (κ2) is 12.0. The van der Waals surface area contributed by atoms with Gasteiger partial charge in [-0.2, -0.15) is 0 Å². The highest BCUT2D eigenvalue weighted by atomic mass is 35.5. The number of nitrogens with one attached hydrogen (secondary N) is 1. The van der Waals surface area contributed by atoms with Crippen molar-refractivity contribution < 1.29 is 9.53 Å². The Kier molecular flexibility index (Phi) is 10.0. The van der Waals surface area contributed by atoms with Gasteiger partial charge in [-0.15, -0.1) is 24.8 Å². The molecule has 0 saturated heterocycles. The number of aromatic nitrogens is 1. The van der Waals surface area contributed by atoms with Crippen LogP contribution in [0.15, 0.2) is 72.9 Å². The number of hydrogen-bond donors (Lipinski definition) is 2. The van der Waals surface area contributed by atoms with Crippen LogP contribution in [0.25, 0.3) is 0 Å². The topological polar surface area (TPSA) is 77.2 Å². The molecule has 3 aromatic rings. The first kappa shape index (κ1) is 23.4. The predicted octanol–water partition coefficient (Wildman–Crippen LogP) is 4.15. The van der Waals surface area contributed by atoms with Gasteiger partial charge in [0.1, 0.15) is 5.75 Å². The molecule has 1 aromatic heterocycles. The molecule has 1 amide bonds. The van der Waals surface area contributed by atoms with Crippen molar-refractivity contribution in [1.82, 2.24) is 10.3 Å². The first-order valence-electron chi connectivity index (χ1n) is 8.48. The molecule has 0 aliphatic heterocycles. The van der Waals surface area contributed by atoms with Gasteiger partial charge in [0, 0.05) is 24.4 Å². The number of benzene rings is 2. The van der Waals surface area contributed by atoms with Gasteiger partial charge in [-0.05, 0) is 48.4 Å². The summed E-state index contributed by atoms with van der Waals surface area (Å²) in [4.78, 5) is 15.4. The summed E-state index contributed by atoms with van der Waals surface area (Å²) in [6, 6.07) is 20.9. The van der Waals surface area contributed by atoms with E-state index in [0.717, 1.165) is 25.1 Å². The number of rotatable bonds is 8. The van der Waals surface area contributed by atoms with Crippen LogP contribution >= 0.6 is 24.8 Å². The standard InChI is InChI=1S/C21H21N3O2.2ClH/c22-21(25)18-7-9-19(10-8-18)26-20-11-6-17(15-24-20)14-23-13-12-16-4-2-1-3-5-16;;/h1-11,15,23H,12-14H2,(H2,22,25);2*1H. The highest BCUT2D eigenvalue weighted by molar-refractivity contribution is 5.92. The molecule has 0 bridgehead atoms. The molecular formula is C21H23Cl2N3O2. The molecule has 5 nitrogen and oxygen atoms in total. The molecule has 0 radical (unpaired) electrons. The first-order chi connectivity index (χ1) is 12.7. The van der Waals surface area contributed by atoms with Crippen molar-refractivity contribution in [2.24, 2.45) is 5.73 Å². The maximum atomic E-state index is 11.1. The average Bonchev–Trinajstić information content (AvgIpc) is 2.68. The summed E-state index contributed by atoms with van der Waals surface area (Å²) < 4.78 is 5.67. The molecular weight excluding hydrogens is 397 g/mol. The lowest BCUT2D eigenvalue weighted by Crippen LogP contribution is -2.16. The third-order valence-electron chi connectivity index (χ3n) is 3.92. The van der Waals surface area contributed by atoms with Crippen molar-refractivity contribution in [3.05, 3.63) is 89.6 Å². The van der Waals surface area contributed by atoms with Gasteiger partial charge in [-0.1, -0.05) is 36.4 Å². The highest BCUT2D eigenvalue weighted by Crippen LogP contribution is 2.19. The molecule has 3 rings (SSSR count). The Morgan fingerprint density at radius 1 is 0.929 bits per heavy atom. The first-order valence-corrected chi connectivity index (χ1v) is 8.48. The van der Waals surface area contributed by atoms with Crippen LogP contribution in [0.2, 0.25) is 0 Å². The van der Waals surface area contributed by atoms with Crippen LogP contribution in [0.3, 0.4) is 0 Å². The number of hydrogen-bond acceptors (Lipinski definition) is 4. The van der Waals surface area contributed by atoms with Crippen LogP contribution in [0.4, 0.5) is 0 Å². The Bertz CT molecular complexity index is 842. The fourth-order valence-corrected chi connectivity index (χ4v) is 2.49. The zero-order chi connectivity index (χ0) is 18.2. The predicted molar refractivity (Wildman–Crippen MR) is 116 cm³/mol. The zero-order valence-corrected chi connectivity index (χ0v) is 16.8. The molecule has 0 aliphatic rings. The Morgan fingerprint density at radius 2 is 1.64 bits per heavy atom. The van der Waals surface area contributed by atoms with Gasteiger partial charge in [0.2, 0.25) is 11.8 Å². The number of nitrogens with zero attached hydrogens (tertiary/aromatic N) is 1. The lowest BCUT2D eigenvalue weighted by atomic mass is 10.1.